The van der Waals surface area contributed by atoms with Gasteiger partial charge in [0, 0.05) is 11.6 Å². The third kappa shape index (κ3) is 5.89. The molecule has 0 bridgehead atoms. The first-order chi connectivity index (χ1) is 16.5. The highest BCUT2D eigenvalue weighted by Crippen LogP contribution is 2.39. The molecule has 0 saturated carbocycles. The van der Waals surface area contributed by atoms with Gasteiger partial charge in [0.15, 0.2) is 11.5 Å². The number of ether oxygens (including phenoxy) is 4. The Morgan fingerprint density at radius 3 is 2.15 bits per heavy atom. The summed E-state index contributed by atoms with van der Waals surface area (Å²) in [6, 6.07) is 15.9. The third-order valence-electron chi connectivity index (χ3n) is 4.99. The van der Waals surface area contributed by atoms with Crippen molar-refractivity contribution in [3.63, 3.8) is 0 Å². The Hall–Kier alpha value is -4.39. The molecular formula is C27H27NO6. The van der Waals surface area contributed by atoms with Crippen molar-refractivity contribution >= 4 is 29.8 Å². The minimum absolute atomic E-state index is 0.0461. The van der Waals surface area contributed by atoms with Crippen molar-refractivity contribution in [2.45, 2.75) is 0 Å². The molecule has 3 rings (SSSR count). The smallest absolute Gasteiger partial charge is 0.248 e. The van der Waals surface area contributed by atoms with Crippen molar-refractivity contribution in [2.24, 2.45) is 0 Å². The number of phenols is 1. The number of benzene rings is 3. The first-order valence-corrected chi connectivity index (χ1v) is 10.4. The molecule has 176 valence electrons. The fourth-order valence-corrected chi connectivity index (χ4v) is 3.30. The van der Waals surface area contributed by atoms with Gasteiger partial charge in [-0.25, -0.2) is 0 Å². The van der Waals surface area contributed by atoms with Gasteiger partial charge in [-0.3, -0.25) is 4.79 Å². The highest BCUT2D eigenvalue weighted by atomic mass is 16.5. The standard InChI is InChI=1S/C27H27NO6/c1-31-21-9-5-7-18(15-21)12-14-25(30)28-26-20(8-6-10-22(26)29)13-11-19-16-23(32-2)27(34-4)24(17-19)33-3/h5-17,29H,1-4H3,(H,28,30)/b13-11?,14-12+. The lowest BCUT2D eigenvalue weighted by atomic mass is 10.1. The Morgan fingerprint density at radius 2 is 1.50 bits per heavy atom. The summed E-state index contributed by atoms with van der Waals surface area (Å²) >= 11 is 0. The second-order valence-electron chi connectivity index (χ2n) is 7.13. The van der Waals surface area contributed by atoms with Crippen LogP contribution in [-0.2, 0) is 4.79 Å². The van der Waals surface area contributed by atoms with Crippen LogP contribution in [-0.4, -0.2) is 39.5 Å². The van der Waals surface area contributed by atoms with E-state index in [0.717, 1.165) is 11.1 Å². The van der Waals surface area contributed by atoms with Crippen LogP contribution in [0, 0.1) is 0 Å². The van der Waals surface area contributed by atoms with Crippen LogP contribution in [0.15, 0.2) is 60.7 Å². The highest BCUT2D eigenvalue weighted by Gasteiger charge is 2.13. The van der Waals surface area contributed by atoms with Gasteiger partial charge in [0.1, 0.15) is 11.5 Å². The summed E-state index contributed by atoms with van der Waals surface area (Å²) in [7, 11) is 6.22. The topological polar surface area (TPSA) is 86.3 Å². The van der Waals surface area contributed by atoms with Crippen molar-refractivity contribution in [3.05, 3.63) is 77.4 Å². The maximum atomic E-state index is 12.5. The molecule has 0 aliphatic carbocycles. The first kappa shape index (κ1) is 24.3. The van der Waals surface area contributed by atoms with Crippen LogP contribution >= 0.6 is 0 Å². The lowest BCUT2D eigenvalue weighted by molar-refractivity contribution is -0.111. The van der Waals surface area contributed by atoms with Crippen molar-refractivity contribution in [3.8, 4) is 28.7 Å². The average molecular weight is 462 g/mol. The summed E-state index contributed by atoms with van der Waals surface area (Å²) in [6.07, 6.45) is 6.67. The van der Waals surface area contributed by atoms with E-state index in [-0.39, 0.29) is 11.7 Å². The van der Waals surface area contributed by atoms with Gasteiger partial charge < -0.3 is 29.4 Å². The van der Waals surface area contributed by atoms with Crippen molar-refractivity contribution in [2.75, 3.05) is 33.8 Å². The zero-order valence-corrected chi connectivity index (χ0v) is 19.5. The second-order valence-corrected chi connectivity index (χ2v) is 7.13. The third-order valence-corrected chi connectivity index (χ3v) is 4.99. The Balaban J connectivity index is 1.84. The Labute approximate surface area is 198 Å². The van der Waals surface area contributed by atoms with E-state index < -0.39 is 0 Å². The van der Waals surface area contributed by atoms with E-state index in [9.17, 15) is 9.90 Å². The highest BCUT2D eigenvalue weighted by molar-refractivity contribution is 6.04. The predicted molar refractivity (Wildman–Crippen MR) is 134 cm³/mol. The van der Waals surface area contributed by atoms with Gasteiger partial charge in [0.25, 0.3) is 0 Å². The molecule has 0 spiro atoms. The number of para-hydroxylation sites is 1. The lowest BCUT2D eigenvalue weighted by Crippen LogP contribution is -2.09. The number of aromatic hydroxyl groups is 1. The summed E-state index contributed by atoms with van der Waals surface area (Å²) in [5.41, 5.74) is 2.52. The minimum Gasteiger partial charge on any atom is -0.506 e. The molecule has 1 amide bonds. The number of phenolic OH excluding ortho intramolecular Hbond substituents is 1. The molecular weight excluding hydrogens is 434 g/mol. The molecule has 0 atom stereocenters. The zero-order valence-electron chi connectivity index (χ0n) is 19.5. The first-order valence-electron chi connectivity index (χ1n) is 10.4. The Bertz CT molecular complexity index is 1190. The van der Waals surface area contributed by atoms with Crippen LogP contribution in [0.25, 0.3) is 18.2 Å². The van der Waals surface area contributed by atoms with E-state index in [1.54, 1.807) is 64.9 Å². The molecule has 0 unspecified atom stereocenters. The van der Waals surface area contributed by atoms with Crippen LogP contribution in [0.4, 0.5) is 5.69 Å². The Morgan fingerprint density at radius 1 is 0.794 bits per heavy atom. The summed E-state index contributed by atoms with van der Waals surface area (Å²) < 4.78 is 21.3. The number of anilines is 1. The molecule has 0 aromatic heterocycles. The fourth-order valence-electron chi connectivity index (χ4n) is 3.30. The summed E-state index contributed by atoms with van der Waals surface area (Å²) in [4.78, 5) is 12.5. The second kappa shape index (κ2) is 11.5. The summed E-state index contributed by atoms with van der Waals surface area (Å²) in [5.74, 6) is 1.81. The van der Waals surface area contributed by atoms with Crippen LogP contribution in [0.5, 0.6) is 28.7 Å². The van der Waals surface area contributed by atoms with Gasteiger partial charge in [-0.15, -0.1) is 0 Å². The van der Waals surface area contributed by atoms with Crippen LogP contribution in [0.2, 0.25) is 0 Å². The quantitative estimate of drug-likeness (QED) is 0.257. The number of rotatable bonds is 9. The molecule has 7 nitrogen and oxygen atoms in total. The Kier molecular flexibility index (Phi) is 8.18. The van der Waals surface area contributed by atoms with E-state index in [1.807, 2.05) is 30.3 Å². The number of nitrogens with one attached hydrogen (secondary N) is 1. The molecule has 34 heavy (non-hydrogen) atoms. The van der Waals surface area contributed by atoms with E-state index in [2.05, 4.69) is 5.32 Å². The van der Waals surface area contributed by atoms with Crippen LogP contribution < -0.4 is 24.3 Å². The van der Waals surface area contributed by atoms with Crippen molar-refractivity contribution < 1.29 is 28.8 Å². The van der Waals surface area contributed by atoms with Gasteiger partial charge in [0.05, 0.1) is 34.1 Å². The van der Waals surface area contributed by atoms with Gasteiger partial charge in [0.2, 0.25) is 11.7 Å². The SMILES string of the molecule is COc1cccc(/C=C/C(=O)Nc2c(O)cccc2C=Cc2cc(OC)c(OC)c(OC)c2)c1. The number of methoxy groups -OCH3 is 4. The summed E-state index contributed by atoms with van der Waals surface area (Å²) in [5, 5.41) is 13.1. The molecule has 0 aliphatic heterocycles. The van der Waals surface area contributed by atoms with Crippen LogP contribution in [0.3, 0.4) is 0 Å². The molecule has 0 aliphatic rings. The molecule has 2 N–H and O–H groups in total. The number of carbonyl (C=O) groups is 1. The van der Waals surface area contributed by atoms with Gasteiger partial charge in [-0.1, -0.05) is 36.4 Å². The van der Waals surface area contributed by atoms with Gasteiger partial charge in [-0.05, 0) is 47.5 Å². The maximum absolute atomic E-state index is 12.5. The zero-order chi connectivity index (χ0) is 24.5. The maximum Gasteiger partial charge on any atom is 0.248 e. The fraction of sp³-hybridized carbons (Fsp3) is 0.148. The molecule has 3 aromatic rings. The molecule has 0 radical (unpaired) electrons. The van der Waals surface area contributed by atoms with Crippen molar-refractivity contribution in [1.82, 2.24) is 0 Å². The predicted octanol–water partition coefficient (Wildman–Crippen LogP) is 5.25. The number of amides is 1. The van der Waals surface area contributed by atoms with E-state index in [1.165, 1.54) is 12.1 Å². The monoisotopic (exact) mass is 461 g/mol. The normalized spacial score (nSPS) is 10.9. The molecule has 3 aromatic carbocycles. The van der Waals surface area contributed by atoms with Gasteiger partial charge in [-0.2, -0.15) is 0 Å². The number of hydrogen-bond donors (Lipinski definition) is 2. The molecule has 0 heterocycles. The number of hydrogen-bond acceptors (Lipinski definition) is 6. The van der Waals surface area contributed by atoms with E-state index in [0.29, 0.717) is 34.2 Å². The average Bonchev–Trinajstić information content (AvgIpc) is 2.87. The molecule has 0 saturated heterocycles. The van der Waals surface area contributed by atoms with Crippen LogP contribution in [0.1, 0.15) is 16.7 Å². The minimum atomic E-state index is -0.383. The van der Waals surface area contributed by atoms with E-state index in [4.69, 9.17) is 18.9 Å². The van der Waals surface area contributed by atoms with Gasteiger partial charge >= 0.3 is 0 Å². The number of carbonyl (C=O) groups excluding carboxylic acids is 1. The van der Waals surface area contributed by atoms with Crippen molar-refractivity contribution in [1.29, 1.82) is 0 Å². The summed E-state index contributed by atoms with van der Waals surface area (Å²) in [6.45, 7) is 0. The lowest BCUT2D eigenvalue weighted by Gasteiger charge is -2.13. The molecule has 0 fully saturated rings. The molecule has 7 heteroatoms. The van der Waals surface area contributed by atoms with E-state index >= 15 is 0 Å². The largest absolute Gasteiger partial charge is 0.506 e.